The lowest BCUT2D eigenvalue weighted by Crippen LogP contribution is -1.84. The average molecular weight is 261 g/mol. The fourth-order valence-corrected chi connectivity index (χ4v) is 2.36. The van der Waals surface area contributed by atoms with Gasteiger partial charge in [-0.1, -0.05) is 30.3 Å². The average Bonchev–Trinajstić information content (AvgIpc) is 2.98. The minimum atomic E-state index is 0.463. The van der Waals surface area contributed by atoms with Gasteiger partial charge in [0.2, 0.25) is 0 Å². The molecule has 0 spiro atoms. The first-order chi connectivity index (χ1) is 9.88. The molecule has 3 heteroatoms. The first-order valence-corrected chi connectivity index (χ1v) is 6.39. The highest BCUT2D eigenvalue weighted by molar-refractivity contribution is 5.98. The first-order valence-electron chi connectivity index (χ1n) is 6.39. The molecule has 0 amide bonds. The molecule has 0 saturated heterocycles. The van der Waals surface area contributed by atoms with Gasteiger partial charge in [-0.25, -0.2) is 0 Å². The number of ether oxygens (including phenoxy) is 1. The van der Waals surface area contributed by atoms with E-state index in [4.69, 9.17) is 9.26 Å². The number of nitrogens with zero attached hydrogens (tertiary/aromatic N) is 1. The van der Waals surface area contributed by atoms with Crippen LogP contribution >= 0.6 is 0 Å². The van der Waals surface area contributed by atoms with Crippen LogP contribution in [0.1, 0.15) is 0 Å². The second-order valence-electron chi connectivity index (χ2n) is 4.65. The Hall–Kier alpha value is -2.81. The van der Waals surface area contributed by atoms with E-state index in [1.807, 2.05) is 18.2 Å². The molecule has 4 aromatic rings. The molecule has 0 aliphatic rings. The topological polar surface area (TPSA) is 35.3 Å². The fourth-order valence-electron chi connectivity index (χ4n) is 2.36. The Balaban J connectivity index is 1.83. The summed E-state index contributed by atoms with van der Waals surface area (Å²) < 4.78 is 10.4. The molecule has 96 valence electrons. The smallest absolute Gasteiger partial charge is 0.259 e. The van der Waals surface area contributed by atoms with Crippen LogP contribution in [0.4, 0.5) is 0 Å². The van der Waals surface area contributed by atoms with E-state index in [9.17, 15) is 0 Å². The molecule has 0 fully saturated rings. The molecule has 0 saturated carbocycles. The maximum absolute atomic E-state index is 5.63. The highest BCUT2D eigenvalue weighted by atomic mass is 16.5. The van der Waals surface area contributed by atoms with E-state index in [1.54, 1.807) is 6.07 Å². The van der Waals surface area contributed by atoms with Crippen LogP contribution in [0, 0.1) is 0 Å². The molecule has 0 unspecified atom stereocenters. The normalized spacial score (nSPS) is 11.0. The van der Waals surface area contributed by atoms with Crippen LogP contribution in [0.3, 0.4) is 0 Å². The van der Waals surface area contributed by atoms with Crippen molar-refractivity contribution in [3.05, 3.63) is 66.9 Å². The van der Waals surface area contributed by atoms with Gasteiger partial charge in [0.15, 0.2) is 0 Å². The van der Waals surface area contributed by atoms with Crippen molar-refractivity contribution in [3.63, 3.8) is 0 Å². The molecule has 0 atom stereocenters. The quantitative estimate of drug-likeness (QED) is 0.487. The summed E-state index contributed by atoms with van der Waals surface area (Å²) in [6.45, 7) is 0. The number of rotatable bonds is 2. The number of hydrogen-bond donors (Lipinski definition) is 0. The molecular weight excluding hydrogens is 250 g/mol. The third-order valence-corrected chi connectivity index (χ3v) is 3.31. The Bertz CT molecular complexity index is 882. The van der Waals surface area contributed by atoms with Crippen molar-refractivity contribution in [2.45, 2.75) is 0 Å². The Morgan fingerprint density at radius 2 is 1.50 bits per heavy atom. The fraction of sp³-hybridized carbons (Fsp3) is 0. The third kappa shape index (κ3) is 1.89. The molecular formula is C17H11NO2. The predicted molar refractivity (Wildman–Crippen MR) is 78.0 cm³/mol. The van der Waals surface area contributed by atoms with E-state index in [-0.39, 0.29) is 0 Å². The van der Waals surface area contributed by atoms with Crippen molar-refractivity contribution in [2.75, 3.05) is 0 Å². The minimum absolute atomic E-state index is 0.463. The Kier molecular flexibility index (Phi) is 2.42. The van der Waals surface area contributed by atoms with Gasteiger partial charge in [0.25, 0.3) is 5.88 Å². The van der Waals surface area contributed by atoms with Crippen LogP contribution in [-0.4, -0.2) is 5.16 Å². The van der Waals surface area contributed by atoms with Crippen LogP contribution in [0.25, 0.3) is 21.5 Å². The van der Waals surface area contributed by atoms with Crippen LogP contribution in [0.5, 0.6) is 11.6 Å². The van der Waals surface area contributed by atoms with Gasteiger partial charge in [-0.3, -0.25) is 0 Å². The summed E-state index contributed by atoms with van der Waals surface area (Å²) in [5, 5.41) is 8.54. The number of hydrogen-bond acceptors (Lipinski definition) is 3. The van der Waals surface area contributed by atoms with E-state index >= 15 is 0 Å². The summed E-state index contributed by atoms with van der Waals surface area (Å²) in [4.78, 5) is 0. The lowest BCUT2D eigenvalue weighted by molar-refractivity contribution is 0.367. The molecule has 1 heterocycles. The van der Waals surface area contributed by atoms with Crippen molar-refractivity contribution in [3.8, 4) is 11.6 Å². The lowest BCUT2D eigenvalue weighted by atomic mass is 10.0. The molecule has 0 N–H and O–H groups in total. The van der Waals surface area contributed by atoms with E-state index in [0.29, 0.717) is 5.88 Å². The van der Waals surface area contributed by atoms with E-state index < -0.39 is 0 Å². The largest absolute Gasteiger partial charge is 0.436 e. The summed E-state index contributed by atoms with van der Waals surface area (Å²) in [5.74, 6) is 1.21. The standard InChI is InChI=1S/C17H11NO2/c1-2-4-13-10-15-11-16(20-17-7-8-19-18-17)6-5-14(15)9-12(13)3-1/h1-11H. The molecule has 3 nitrogen and oxygen atoms in total. The molecule has 0 bridgehead atoms. The maximum atomic E-state index is 5.63. The van der Waals surface area contributed by atoms with Gasteiger partial charge >= 0.3 is 0 Å². The van der Waals surface area contributed by atoms with Crippen LogP contribution in [0.15, 0.2) is 71.4 Å². The van der Waals surface area contributed by atoms with Gasteiger partial charge < -0.3 is 9.26 Å². The van der Waals surface area contributed by atoms with Crippen molar-refractivity contribution in [1.82, 2.24) is 5.16 Å². The number of fused-ring (bicyclic) bond motifs is 2. The van der Waals surface area contributed by atoms with Gasteiger partial charge in [0, 0.05) is 6.07 Å². The van der Waals surface area contributed by atoms with Crippen LogP contribution < -0.4 is 4.74 Å². The second-order valence-corrected chi connectivity index (χ2v) is 4.65. The third-order valence-electron chi connectivity index (χ3n) is 3.31. The maximum Gasteiger partial charge on any atom is 0.259 e. The van der Waals surface area contributed by atoms with Gasteiger partial charge in [-0.15, -0.1) is 0 Å². The summed E-state index contributed by atoms with van der Waals surface area (Å²) in [5.41, 5.74) is 0. The molecule has 0 aliphatic carbocycles. The molecule has 3 aromatic carbocycles. The van der Waals surface area contributed by atoms with Gasteiger partial charge in [0.1, 0.15) is 12.0 Å². The van der Waals surface area contributed by atoms with Crippen molar-refractivity contribution in [2.24, 2.45) is 0 Å². The summed E-state index contributed by atoms with van der Waals surface area (Å²) >= 11 is 0. The summed E-state index contributed by atoms with van der Waals surface area (Å²) in [6.07, 6.45) is 1.49. The van der Waals surface area contributed by atoms with E-state index in [0.717, 1.165) is 11.1 Å². The zero-order valence-electron chi connectivity index (χ0n) is 10.6. The summed E-state index contributed by atoms with van der Waals surface area (Å²) in [6, 6.07) is 20.4. The van der Waals surface area contributed by atoms with Crippen molar-refractivity contribution in [1.29, 1.82) is 0 Å². The van der Waals surface area contributed by atoms with E-state index in [1.165, 1.54) is 22.4 Å². The Labute approximate surface area is 115 Å². The van der Waals surface area contributed by atoms with Crippen molar-refractivity contribution >= 4 is 21.5 Å². The number of benzene rings is 3. The molecule has 0 aliphatic heterocycles. The molecule has 1 aromatic heterocycles. The minimum Gasteiger partial charge on any atom is -0.436 e. The summed E-state index contributed by atoms with van der Waals surface area (Å²) in [7, 11) is 0. The molecule has 0 radical (unpaired) electrons. The zero-order chi connectivity index (χ0) is 13.4. The van der Waals surface area contributed by atoms with E-state index in [2.05, 4.69) is 41.6 Å². The monoisotopic (exact) mass is 261 g/mol. The van der Waals surface area contributed by atoms with Gasteiger partial charge in [-0.05, 0) is 51.0 Å². The Morgan fingerprint density at radius 1 is 0.750 bits per heavy atom. The first kappa shape index (κ1) is 11.1. The Morgan fingerprint density at radius 3 is 2.25 bits per heavy atom. The predicted octanol–water partition coefficient (Wildman–Crippen LogP) is 4.77. The lowest BCUT2D eigenvalue weighted by Gasteiger charge is -2.05. The van der Waals surface area contributed by atoms with Crippen molar-refractivity contribution < 1.29 is 9.26 Å². The van der Waals surface area contributed by atoms with Crippen LogP contribution in [-0.2, 0) is 0 Å². The highest BCUT2D eigenvalue weighted by Crippen LogP contribution is 2.28. The second kappa shape index (κ2) is 4.38. The molecule has 4 rings (SSSR count). The highest BCUT2D eigenvalue weighted by Gasteiger charge is 2.03. The van der Waals surface area contributed by atoms with Crippen LogP contribution in [0.2, 0.25) is 0 Å². The SMILES string of the molecule is c1ccc2cc3cc(Oc4ccon4)ccc3cc2c1. The molecule has 20 heavy (non-hydrogen) atoms. The van der Waals surface area contributed by atoms with Gasteiger partial charge in [-0.2, -0.15) is 0 Å². The zero-order valence-corrected chi connectivity index (χ0v) is 10.6. The number of aromatic nitrogens is 1. The van der Waals surface area contributed by atoms with Gasteiger partial charge in [0.05, 0.1) is 0 Å².